The minimum atomic E-state index is 0.486. The van der Waals surface area contributed by atoms with Gasteiger partial charge in [0.2, 0.25) is 0 Å². The SMILES string of the molecule is N#Cc1cccc(-c2cc(-c3ccc(-c4ccc(-c5ccc(-n6c7ccccc7c7cc(N(c8ccccc8)c8ccccc8)ccc76)cc5C#N)cc4)cc3)nc(-c3cccc(C#N)c3)n2)c1. The van der Waals surface area contributed by atoms with Crippen LogP contribution in [0.3, 0.4) is 0 Å². The van der Waals surface area contributed by atoms with Crippen LogP contribution in [0.2, 0.25) is 0 Å². The quantitative estimate of drug-likeness (QED) is 0.143. The van der Waals surface area contributed by atoms with E-state index in [1.807, 2.05) is 66.7 Å². The largest absolute Gasteiger partial charge is 0.310 e. The lowest BCUT2D eigenvalue weighted by atomic mass is 9.96. The molecule has 0 fully saturated rings. The molecule has 11 aromatic rings. The molecule has 0 atom stereocenters. The molecular formula is C61H37N7. The Kier molecular flexibility index (Phi) is 10.6. The second-order valence-electron chi connectivity index (χ2n) is 16.4. The molecule has 0 aliphatic heterocycles. The van der Waals surface area contributed by atoms with Crippen molar-refractivity contribution in [1.82, 2.24) is 14.5 Å². The number of nitrogens with zero attached hydrogens (tertiary/aromatic N) is 7. The van der Waals surface area contributed by atoms with Gasteiger partial charge >= 0.3 is 0 Å². The summed E-state index contributed by atoms with van der Waals surface area (Å²) in [7, 11) is 0. The van der Waals surface area contributed by atoms with Crippen molar-refractivity contribution in [2.75, 3.05) is 4.90 Å². The van der Waals surface area contributed by atoms with Gasteiger partial charge in [0.25, 0.3) is 0 Å². The standard InChI is InChI=1S/C61H37N7/c62-38-41-11-9-13-47(33-41)58-37-57(65-61(66-58)48-14-10-12-42(34-48)39-63)46-27-23-44(24-28-46)43-21-25-45(26-22-43)54-31-29-52(35-49(54)40-64)68-59-20-8-7-19-55(59)56-36-53(30-32-60(56)68)67(50-15-3-1-4-16-50)51-17-5-2-6-18-51/h1-37H. The van der Waals surface area contributed by atoms with Gasteiger partial charge in [-0.2, -0.15) is 15.8 Å². The van der Waals surface area contributed by atoms with Gasteiger partial charge in [0.05, 0.1) is 57.3 Å². The highest BCUT2D eigenvalue weighted by Crippen LogP contribution is 2.40. The molecule has 0 aliphatic rings. The van der Waals surface area contributed by atoms with Crippen molar-refractivity contribution in [2.45, 2.75) is 0 Å². The van der Waals surface area contributed by atoms with Crippen LogP contribution < -0.4 is 4.90 Å². The molecule has 7 heteroatoms. The molecule has 316 valence electrons. The Morgan fingerprint density at radius 1 is 0.368 bits per heavy atom. The van der Waals surface area contributed by atoms with Crippen molar-refractivity contribution in [1.29, 1.82) is 15.8 Å². The number of hydrogen-bond donors (Lipinski definition) is 0. The first kappa shape index (κ1) is 40.9. The highest BCUT2D eigenvalue weighted by molar-refractivity contribution is 6.10. The van der Waals surface area contributed by atoms with Crippen molar-refractivity contribution in [3.05, 3.63) is 241 Å². The summed E-state index contributed by atoms with van der Waals surface area (Å²) in [6.45, 7) is 0. The molecule has 7 nitrogen and oxygen atoms in total. The Balaban J connectivity index is 0.901. The lowest BCUT2D eigenvalue weighted by Gasteiger charge is -2.25. The zero-order chi connectivity index (χ0) is 46.0. The second-order valence-corrected chi connectivity index (χ2v) is 16.4. The lowest BCUT2D eigenvalue weighted by molar-refractivity contribution is 1.18. The van der Waals surface area contributed by atoms with Crippen LogP contribution in [0.25, 0.3) is 83.6 Å². The average Bonchev–Trinajstić information content (AvgIpc) is 3.75. The molecule has 2 aromatic heterocycles. The molecule has 0 bridgehead atoms. The molecule has 0 amide bonds. The summed E-state index contributed by atoms with van der Waals surface area (Å²) in [4.78, 5) is 12.1. The highest BCUT2D eigenvalue weighted by atomic mass is 15.1. The van der Waals surface area contributed by atoms with Gasteiger partial charge in [-0.15, -0.1) is 0 Å². The predicted octanol–water partition coefficient (Wildman–Crippen LogP) is 15.0. The van der Waals surface area contributed by atoms with Gasteiger partial charge in [-0.1, -0.05) is 133 Å². The first-order valence-corrected chi connectivity index (χ1v) is 22.1. The smallest absolute Gasteiger partial charge is 0.160 e. The van der Waals surface area contributed by atoms with E-state index in [9.17, 15) is 15.8 Å². The van der Waals surface area contributed by atoms with Gasteiger partial charge in [0.15, 0.2) is 5.82 Å². The maximum atomic E-state index is 10.6. The van der Waals surface area contributed by atoms with E-state index in [0.717, 1.165) is 83.5 Å². The van der Waals surface area contributed by atoms with Gasteiger partial charge in [0, 0.05) is 50.2 Å². The molecule has 2 heterocycles. The summed E-state index contributed by atoms with van der Waals surface area (Å²) < 4.78 is 2.25. The Hall–Kier alpha value is -9.87. The fourth-order valence-corrected chi connectivity index (χ4v) is 9.02. The third-order valence-electron chi connectivity index (χ3n) is 12.3. The Morgan fingerprint density at radius 3 is 1.57 bits per heavy atom. The zero-order valence-electron chi connectivity index (χ0n) is 36.5. The van der Waals surface area contributed by atoms with E-state index >= 15 is 0 Å². The van der Waals surface area contributed by atoms with Crippen molar-refractivity contribution in [3.63, 3.8) is 0 Å². The molecule has 0 spiro atoms. The normalized spacial score (nSPS) is 10.9. The van der Waals surface area contributed by atoms with Crippen LogP contribution in [0.1, 0.15) is 16.7 Å². The monoisotopic (exact) mass is 867 g/mol. The summed E-state index contributed by atoms with van der Waals surface area (Å²) in [5, 5.41) is 32.0. The van der Waals surface area contributed by atoms with E-state index in [0.29, 0.717) is 33.9 Å². The number of nitriles is 3. The second kappa shape index (κ2) is 17.6. The number of anilines is 3. The zero-order valence-corrected chi connectivity index (χ0v) is 36.5. The fraction of sp³-hybridized carbons (Fsp3) is 0. The van der Waals surface area contributed by atoms with E-state index in [1.54, 1.807) is 18.2 Å². The van der Waals surface area contributed by atoms with Gasteiger partial charge in [0.1, 0.15) is 0 Å². The molecule has 68 heavy (non-hydrogen) atoms. The first-order chi connectivity index (χ1) is 33.5. The van der Waals surface area contributed by atoms with Gasteiger partial charge in [-0.25, -0.2) is 9.97 Å². The minimum absolute atomic E-state index is 0.486. The molecular weight excluding hydrogens is 831 g/mol. The fourth-order valence-electron chi connectivity index (χ4n) is 9.02. The van der Waals surface area contributed by atoms with Crippen molar-refractivity contribution in [3.8, 4) is 80.1 Å². The molecule has 0 radical (unpaired) electrons. The lowest BCUT2D eigenvalue weighted by Crippen LogP contribution is -2.09. The number of fused-ring (bicyclic) bond motifs is 3. The van der Waals surface area contributed by atoms with Gasteiger partial charge in [-0.3, -0.25) is 0 Å². The Bertz CT molecular complexity index is 3700. The predicted molar refractivity (Wildman–Crippen MR) is 272 cm³/mol. The van der Waals surface area contributed by atoms with Crippen LogP contribution in [0.4, 0.5) is 17.1 Å². The maximum absolute atomic E-state index is 10.6. The summed E-state index contributed by atoms with van der Waals surface area (Å²) in [6, 6.07) is 82.1. The van der Waals surface area contributed by atoms with E-state index in [1.165, 1.54) is 0 Å². The van der Waals surface area contributed by atoms with E-state index in [4.69, 9.17) is 9.97 Å². The Labute approximate surface area is 393 Å². The van der Waals surface area contributed by atoms with Gasteiger partial charge < -0.3 is 9.47 Å². The number of aromatic nitrogens is 3. The van der Waals surface area contributed by atoms with Crippen LogP contribution >= 0.6 is 0 Å². The van der Waals surface area contributed by atoms with Crippen molar-refractivity contribution >= 4 is 38.9 Å². The van der Waals surface area contributed by atoms with Crippen molar-refractivity contribution in [2.24, 2.45) is 0 Å². The number of para-hydroxylation sites is 3. The van der Waals surface area contributed by atoms with Crippen LogP contribution in [0.5, 0.6) is 0 Å². The van der Waals surface area contributed by atoms with E-state index in [2.05, 4.69) is 167 Å². The first-order valence-electron chi connectivity index (χ1n) is 22.1. The highest BCUT2D eigenvalue weighted by Gasteiger charge is 2.19. The molecule has 0 aliphatic carbocycles. The summed E-state index contributed by atoms with van der Waals surface area (Å²) in [5.74, 6) is 0.486. The summed E-state index contributed by atoms with van der Waals surface area (Å²) in [6.07, 6.45) is 0. The summed E-state index contributed by atoms with van der Waals surface area (Å²) in [5.41, 5.74) is 15.6. The van der Waals surface area contributed by atoms with Crippen LogP contribution in [0.15, 0.2) is 224 Å². The molecule has 9 aromatic carbocycles. The third-order valence-corrected chi connectivity index (χ3v) is 12.3. The molecule has 11 rings (SSSR count). The number of rotatable bonds is 9. The number of hydrogen-bond acceptors (Lipinski definition) is 6. The van der Waals surface area contributed by atoms with E-state index in [-0.39, 0.29) is 0 Å². The van der Waals surface area contributed by atoms with Crippen LogP contribution in [0, 0.1) is 34.0 Å². The molecule has 0 N–H and O–H groups in total. The third kappa shape index (κ3) is 7.67. The molecule has 0 saturated carbocycles. The topological polar surface area (TPSA) is 105 Å². The average molecular weight is 868 g/mol. The molecule has 0 unspecified atom stereocenters. The van der Waals surface area contributed by atoms with E-state index < -0.39 is 0 Å². The maximum Gasteiger partial charge on any atom is 0.160 e. The molecule has 0 saturated heterocycles. The van der Waals surface area contributed by atoms with Crippen LogP contribution in [-0.2, 0) is 0 Å². The van der Waals surface area contributed by atoms with Crippen LogP contribution in [-0.4, -0.2) is 14.5 Å². The Morgan fingerprint density at radius 2 is 0.926 bits per heavy atom. The summed E-state index contributed by atoms with van der Waals surface area (Å²) >= 11 is 0. The van der Waals surface area contributed by atoms with Gasteiger partial charge in [-0.05, 0) is 113 Å². The number of benzene rings is 9. The van der Waals surface area contributed by atoms with Crippen molar-refractivity contribution < 1.29 is 0 Å². The minimum Gasteiger partial charge on any atom is -0.310 e.